The van der Waals surface area contributed by atoms with Crippen molar-refractivity contribution in [2.24, 2.45) is 0 Å². The molecule has 172 valence electrons. The summed E-state index contributed by atoms with van der Waals surface area (Å²) in [6.45, 7) is 5.93. The van der Waals surface area contributed by atoms with Crippen molar-refractivity contribution in [1.29, 1.82) is 0 Å². The summed E-state index contributed by atoms with van der Waals surface area (Å²) < 4.78 is 38.9. The van der Waals surface area contributed by atoms with E-state index in [4.69, 9.17) is 4.98 Å². The second-order valence-corrected chi connectivity index (χ2v) is 8.05. The summed E-state index contributed by atoms with van der Waals surface area (Å²) in [5.41, 5.74) is 1.02. The minimum Gasteiger partial charge on any atom is -0.340 e. The Kier molecular flexibility index (Phi) is 5.77. The molecule has 0 bridgehead atoms. The lowest BCUT2D eigenvalue weighted by atomic mass is 10.0. The lowest BCUT2D eigenvalue weighted by Gasteiger charge is -2.42. The third-order valence-corrected chi connectivity index (χ3v) is 5.65. The summed E-state index contributed by atoms with van der Waals surface area (Å²) in [6.07, 6.45) is 0.709. The van der Waals surface area contributed by atoms with Gasteiger partial charge in [-0.1, -0.05) is 19.1 Å². The zero-order valence-corrected chi connectivity index (χ0v) is 18.6. The van der Waals surface area contributed by atoms with Gasteiger partial charge in [0.25, 0.3) is 0 Å². The van der Waals surface area contributed by atoms with Gasteiger partial charge in [-0.15, -0.1) is 0 Å². The van der Waals surface area contributed by atoms with Crippen molar-refractivity contribution in [2.45, 2.75) is 45.5 Å². The second-order valence-electron chi connectivity index (χ2n) is 8.05. The normalized spacial score (nSPS) is 16.4. The Balaban J connectivity index is 1.83. The van der Waals surface area contributed by atoms with Crippen molar-refractivity contribution in [1.82, 2.24) is 19.9 Å². The number of fused-ring (bicyclic) bond motifs is 1. The van der Waals surface area contributed by atoms with Crippen LogP contribution in [0.5, 0.6) is 0 Å². The van der Waals surface area contributed by atoms with Crippen LogP contribution in [0.2, 0.25) is 0 Å². The maximum atomic E-state index is 13.0. The molecule has 10 heteroatoms. The van der Waals surface area contributed by atoms with Gasteiger partial charge in [-0.05, 0) is 32.4 Å². The molecule has 0 aliphatic carbocycles. The van der Waals surface area contributed by atoms with Gasteiger partial charge in [0.15, 0.2) is 11.6 Å². The molecule has 7 nitrogen and oxygen atoms in total. The van der Waals surface area contributed by atoms with E-state index in [0.29, 0.717) is 34.9 Å². The van der Waals surface area contributed by atoms with Crippen LogP contribution < -0.4 is 9.80 Å². The van der Waals surface area contributed by atoms with Crippen molar-refractivity contribution in [3.05, 3.63) is 48.4 Å². The fourth-order valence-corrected chi connectivity index (χ4v) is 4.02. The SMILES string of the molecule is CC[C@@H]1C(=O)N(C)c2cnc(-c3nccnc3-c3ccc(C(F)(F)F)cc3)nc2N1C(C)C. The van der Waals surface area contributed by atoms with Crippen molar-refractivity contribution < 1.29 is 18.0 Å². The zero-order chi connectivity index (χ0) is 23.9. The van der Waals surface area contributed by atoms with Gasteiger partial charge >= 0.3 is 6.18 Å². The molecule has 1 aromatic carbocycles. The number of likely N-dealkylation sites (N-methyl/N-ethyl adjacent to an activating group) is 1. The van der Waals surface area contributed by atoms with Crippen LogP contribution in [0.25, 0.3) is 22.8 Å². The number of aromatic nitrogens is 4. The molecule has 1 amide bonds. The Bertz CT molecular complexity index is 1180. The van der Waals surface area contributed by atoms with Crippen molar-refractivity contribution >= 4 is 17.4 Å². The van der Waals surface area contributed by atoms with Gasteiger partial charge in [0, 0.05) is 31.0 Å². The van der Waals surface area contributed by atoms with E-state index in [1.54, 1.807) is 18.1 Å². The standard InChI is InChI=1S/C23H23F3N6O/c1-5-16-22(33)31(4)17-12-29-20(30-21(17)32(16)13(2)3)19-18(27-10-11-28-19)14-6-8-15(9-7-14)23(24,25)26/h6-13,16H,5H2,1-4H3/t16-/m1/s1. The van der Waals surface area contributed by atoms with Crippen LogP contribution in [0, 0.1) is 0 Å². The summed E-state index contributed by atoms with van der Waals surface area (Å²) in [4.78, 5) is 34.3. The Hall–Kier alpha value is -3.56. The predicted molar refractivity (Wildman–Crippen MR) is 119 cm³/mol. The first kappa shape index (κ1) is 22.6. The molecule has 0 saturated carbocycles. The van der Waals surface area contributed by atoms with Crippen LogP contribution in [-0.2, 0) is 11.0 Å². The number of amides is 1. The average molecular weight is 456 g/mol. The quantitative estimate of drug-likeness (QED) is 0.572. The molecule has 3 aromatic rings. The molecule has 1 aliphatic heterocycles. The van der Waals surface area contributed by atoms with E-state index in [9.17, 15) is 18.0 Å². The predicted octanol–water partition coefficient (Wildman–Crippen LogP) is 4.59. The van der Waals surface area contributed by atoms with E-state index >= 15 is 0 Å². The molecule has 2 aromatic heterocycles. The maximum Gasteiger partial charge on any atom is 0.416 e. The molecule has 0 unspecified atom stereocenters. The smallest absolute Gasteiger partial charge is 0.340 e. The first-order valence-corrected chi connectivity index (χ1v) is 10.6. The lowest BCUT2D eigenvalue weighted by molar-refractivity contribution is -0.137. The van der Waals surface area contributed by atoms with E-state index in [2.05, 4.69) is 15.0 Å². The van der Waals surface area contributed by atoms with E-state index in [0.717, 1.165) is 12.1 Å². The number of rotatable bonds is 4. The maximum absolute atomic E-state index is 13.0. The van der Waals surface area contributed by atoms with Gasteiger partial charge in [0.1, 0.15) is 17.4 Å². The van der Waals surface area contributed by atoms with Crippen LogP contribution in [0.3, 0.4) is 0 Å². The second kappa shape index (κ2) is 8.42. The third-order valence-electron chi connectivity index (χ3n) is 5.65. The largest absolute Gasteiger partial charge is 0.416 e. The summed E-state index contributed by atoms with van der Waals surface area (Å²) in [6, 6.07) is 4.37. The number of halogens is 3. The highest BCUT2D eigenvalue weighted by Crippen LogP contribution is 2.38. The molecule has 4 rings (SSSR count). The fourth-order valence-electron chi connectivity index (χ4n) is 4.02. The van der Waals surface area contributed by atoms with Gasteiger partial charge in [0.2, 0.25) is 5.91 Å². The number of hydrogen-bond acceptors (Lipinski definition) is 6. The molecular weight excluding hydrogens is 433 g/mol. The first-order valence-electron chi connectivity index (χ1n) is 10.6. The molecule has 1 atom stereocenters. The summed E-state index contributed by atoms with van der Waals surface area (Å²) >= 11 is 0. The molecular formula is C23H23F3N6O. The van der Waals surface area contributed by atoms with Crippen LogP contribution in [-0.4, -0.2) is 45.0 Å². The molecule has 0 fully saturated rings. The monoisotopic (exact) mass is 456 g/mol. The highest BCUT2D eigenvalue weighted by molar-refractivity contribution is 6.04. The van der Waals surface area contributed by atoms with E-state index in [-0.39, 0.29) is 23.8 Å². The molecule has 0 radical (unpaired) electrons. The Morgan fingerprint density at radius 1 is 1.03 bits per heavy atom. The van der Waals surface area contributed by atoms with Gasteiger partial charge in [-0.25, -0.2) is 15.0 Å². The first-order chi connectivity index (χ1) is 15.6. The van der Waals surface area contributed by atoms with Gasteiger partial charge in [0.05, 0.1) is 17.5 Å². The number of nitrogens with zero attached hydrogens (tertiary/aromatic N) is 6. The van der Waals surface area contributed by atoms with Crippen LogP contribution in [0.15, 0.2) is 42.9 Å². The Morgan fingerprint density at radius 3 is 2.24 bits per heavy atom. The molecule has 0 spiro atoms. The number of carbonyl (C=O) groups is 1. The van der Waals surface area contributed by atoms with Crippen LogP contribution in [0.4, 0.5) is 24.7 Å². The fraction of sp³-hybridized carbons (Fsp3) is 0.348. The molecule has 1 aliphatic rings. The van der Waals surface area contributed by atoms with Crippen molar-refractivity contribution in [3.8, 4) is 22.8 Å². The number of anilines is 2. The van der Waals surface area contributed by atoms with Gasteiger partial charge < -0.3 is 9.80 Å². The van der Waals surface area contributed by atoms with Crippen LogP contribution >= 0.6 is 0 Å². The number of benzene rings is 1. The van der Waals surface area contributed by atoms with E-state index < -0.39 is 11.7 Å². The van der Waals surface area contributed by atoms with Crippen molar-refractivity contribution in [2.75, 3.05) is 16.8 Å². The molecule has 0 N–H and O–H groups in total. The minimum absolute atomic E-state index is 0.00495. The number of carbonyl (C=O) groups excluding carboxylic acids is 1. The molecule has 3 heterocycles. The summed E-state index contributed by atoms with van der Waals surface area (Å²) in [5, 5.41) is 0. The Morgan fingerprint density at radius 2 is 1.67 bits per heavy atom. The summed E-state index contributed by atoms with van der Waals surface area (Å²) in [5.74, 6) is 0.855. The van der Waals surface area contributed by atoms with Gasteiger partial charge in [-0.2, -0.15) is 13.2 Å². The lowest BCUT2D eigenvalue weighted by Crippen LogP contribution is -2.54. The highest BCUT2D eigenvalue weighted by atomic mass is 19.4. The molecule has 33 heavy (non-hydrogen) atoms. The van der Waals surface area contributed by atoms with E-state index in [1.807, 2.05) is 25.7 Å². The van der Waals surface area contributed by atoms with Crippen molar-refractivity contribution in [3.63, 3.8) is 0 Å². The van der Waals surface area contributed by atoms with E-state index in [1.165, 1.54) is 24.5 Å². The van der Waals surface area contributed by atoms with Gasteiger partial charge in [-0.3, -0.25) is 9.78 Å². The van der Waals surface area contributed by atoms with Crippen LogP contribution in [0.1, 0.15) is 32.8 Å². The molecule has 0 saturated heterocycles. The minimum atomic E-state index is -4.43. The number of alkyl halides is 3. The topological polar surface area (TPSA) is 75.1 Å². The third kappa shape index (κ3) is 4.01. The zero-order valence-electron chi connectivity index (χ0n) is 18.6. The average Bonchev–Trinajstić information content (AvgIpc) is 2.80. The Labute approximate surface area is 189 Å². The highest BCUT2D eigenvalue weighted by Gasteiger charge is 2.38. The number of hydrogen-bond donors (Lipinski definition) is 0. The summed E-state index contributed by atoms with van der Waals surface area (Å²) in [7, 11) is 1.69.